The van der Waals surface area contributed by atoms with Crippen LogP contribution in [0.1, 0.15) is 11.8 Å². The predicted molar refractivity (Wildman–Crippen MR) is 49.6 cm³/mol. The fourth-order valence-electron chi connectivity index (χ4n) is 0.801. The first-order chi connectivity index (χ1) is 6.15. The summed E-state index contributed by atoms with van der Waals surface area (Å²) in [5.41, 5.74) is -0.101. The second-order valence-corrected chi connectivity index (χ2v) is 3.16. The lowest BCUT2D eigenvalue weighted by molar-refractivity contribution is 0.0309. The van der Waals surface area contributed by atoms with Gasteiger partial charge in [0.1, 0.15) is 6.10 Å². The molecular formula is C7H9BrN2O3. The lowest BCUT2D eigenvalue weighted by atomic mass is 10.1. The van der Waals surface area contributed by atoms with Crippen molar-refractivity contribution in [3.63, 3.8) is 0 Å². The molecule has 0 saturated heterocycles. The molecule has 2 unspecified atom stereocenters. The van der Waals surface area contributed by atoms with Crippen molar-refractivity contribution in [2.45, 2.75) is 12.2 Å². The molecule has 0 aromatic carbocycles. The van der Waals surface area contributed by atoms with Crippen LogP contribution in [0.2, 0.25) is 0 Å². The number of aromatic amines is 1. The molecule has 0 radical (unpaired) electrons. The van der Waals surface area contributed by atoms with Crippen molar-refractivity contribution in [2.75, 3.05) is 5.33 Å². The van der Waals surface area contributed by atoms with Crippen molar-refractivity contribution in [3.05, 3.63) is 28.2 Å². The van der Waals surface area contributed by atoms with E-state index in [1.165, 1.54) is 12.1 Å². The summed E-state index contributed by atoms with van der Waals surface area (Å²) in [6.45, 7) is 0. The zero-order chi connectivity index (χ0) is 9.84. The van der Waals surface area contributed by atoms with Gasteiger partial charge in [0.25, 0.3) is 5.56 Å². The largest absolute Gasteiger partial charge is 0.389 e. The quantitative estimate of drug-likeness (QED) is 0.634. The van der Waals surface area contributed by atoms with Crippen LogP contribution in [0.25, 0.3) is 0 Å². The SMILES string of the molecule is O=c1ccc(C(O)C(O)CBr)n[nH]1. The van der Waals surface area contributed by atoms with E-state index in [1.54, 1.807) is 0 Å². The number of aromatic nitrogens is 2. The molecule has 2 atom stereocenters. The smallest absolute Gasteiger partial charge is 0.264 e. The third-order valence-corrected chi connectivity index (χ3v) is 2.19. The summed E-state index contributed by atoms with van der Waals surface area (Å²) in [4.78, 5) is 10.6. The van der Waals surface area contributed by atoms with Gasteiger partial charge in [0.15, 0.2) is 0 Å². The zero-order valence-electron chi connectivity index (χ0n) is 6.64. The van der Waals surface area contributed by atoms with Crippen LogP contribution in [-0.4, -0.2) is 31.8 Å². The highest BCUT2D eigenvalue weighted by molar-refractivity contribution is 9.09. The average Bonchev–Trinajstić information content (AvgIpc) is 2.17. The van der Waals surface area contributed by atoms with Crippen LogP contribution in [0.4, 0.5) is 0 Å². The summed E-state index contributed by atoms with van der Waals surface area (Å²) in [6, 6.07) is 2.61. The first-order valence-corrected chi connectivity index (χ1v) is 4.75. The Balaban J connectivity index is 2.83. The summed E-state index contributed by atoms with van der Waals surface area (Å²) in [5, 5.41) is 24.6. The van der Waals surface area contributed by atoms with E-state index in [4.69, 9.17) is 0 Å². The molecule has 1 aromatic heterocycles. The third kappa shape index (κ3) is 2.61. The van der Waals surface area contributed by atoms with E-state index in [0.717, 1.165) is 0 Å². The van der Waals surface area contributed by atoms with Gasteiger partial charge >= 0.3 is 0 Å². The number of aliphatic hydroxyl groups is 2. The number of hydrogen-bond donors (Lipinski definition) is 3. The number of halogens is 1. The molecule has 0 amide bonds. The first-order valence-electron chi connectivity index (χ1n) is 3.63. The first kappa shape index (κ1) is 10.4. The number of nitrogens with zero attached hydrogens (tertiary/aromatic N) is 1. The van der Waals surface area contributed by atoms with Crippen LogP contribution in [0.5, 0.6) is 0 Å². The predicted octanol–water partition coefficient (Wildman–Crippen LogP) is -0.441. The second kappa shape index (κ2) is 4.50. The minimum atomic E-state index is -1.09. The van der Waals surface area contributed by atoms with Gasteiger partial charge in [-0.3, -0.25) is 4.79 Å². The van der Waals surface area contributed by atoms with E-state index in [-0.39, 0.29) is 16.6 Å². The van der Waals surface area contributed by atoms with Crippen LogP contribution < -0.4 is 5.56 Å². The summed E-state index contributed by atoms with van der Waals surface area (Å²) >= 11 is 3.02. The number of hydrogen-bond acceptors (Lipinski definition) is 4. The Morgan fingerprint density at radius 1 is 1.54 bits per heavy atom. The fraction of sp³-hybridized carbons (Fsp3) is 0.429. The molecule has 0 spiro atoms. The maximum absolute atomic E-state index is 10.6. The molecule has 0 bridgehead atoms. The lowest BCUT2D eigenvalue weighted by Gasteiger charge is -2.13. The van der Waals surface area contributed by atoms with Crippen molar-refractivity contribution in [1.82, 2.24) is 10.2 Å². The van der Waals surface area contributed by atoms with E-state index in [9.17, 15) is 15.0 Å². The Morgan fingerprint density at radius 2 is 2.23 bits per heavy atom. The van der Waals surface area contributed by atoms with E-state index in [0.29, 0.717) is 0 Å². The van der Waals surface area contributed by atoms with Crippen molar-refractivity contribution in [2.24, 2.45) is 0 Å². The molecule has 13 heavy (non-hydrogen) atoms. The van der Waals surface area contributed by atoms with Crippen molar-refractivity contribution >= 4 is 15.9 Å². The standard InChI is InChI=1S/C7H9BrN2O3/c8-3-5(11)7(13)4-1-2-6(12)10-9-4/h1-2,5,7,11,13H,3H2,(H,10,12). The number of H-pyrrole nitrogens is 1. The average molecular weight is 249 g/mol. The Hall–Kier alpha value is -0.720. The van der Waals surface area contributed by atoms with Gasteiger partial charge in [-0.1, -0.05) is 15.9 Å². The van der Waals surface area contributed by atoms with Gasteiger partial charge in [-0.15, -0.1) is 0 Å². The maximum atomic E-state index is 10.6. The van der Waals surface area contributed by atoms with Gasteiger partial charge in [-0.25, -0.2) is 5.10 Å². The molecule has 0 aliphatic heterocycles. The van der Waals surface area contributed by atoms with Crippen LogP contribution in [-0.2, 0) is 0 Å². The zero-order valence-corrected chi connectivity index (χ0v) is 8.23. The molecule has 6 heteroatoms. The molecule has 3 N–H and O–H groups in total. The molecular weight excluding hydrogens is 240 g/mol. The Kier molecular flexibility index (Phi) is 3.58. The Morgan fingerprint density at radius 3 is 2.69 bits per heavy atom. The minimum absolute atomic E-state index is 0.242. The van der Waals surface area contributed by atoms with Crippen LogP contribution in [0.3, 0.4) is 0 Å². The van der Waals surface area contributed by atoms with Crippen LogP contribution in [0, 0.1) is 0 Å². The summed E-state index contributed by atoms with van der Waals surface area (Å²) in [7, 11) is 0. The van der Waals surface area contributed by atoms with Crippen molar-refractivity contribution in [3.8, 4) is 0 Å². The molecule has 5 nitrogen and oxygen atoms in total. The highest BCUT2D eigenvalue weighted by Gasteiger charge is 2.18. The molecule has 1 aromatic rings. The molecule has 0 aliphatic carbocycles. The molecule has 1 rings (SSSR count). The lowest BCUT2D eigenvalue weighted by Crippen LogP contribution is -2.22. The molecule has 0 aliphatic rings. The van der Waals surface area contributed by atoms with Crippen LogP contribution >= 0.6 is 15.9 Å². The van der Waals surface area contributed by atoms with Crippen molar-refractivity contribution < 1.29 is 10.2 Å². The van der Waals surface area contributed by atoms with Gasteiger partial charge in [-0.2, -0.15) is 5.10 Å². The fourth-order valence-corrected chi connectivity index (χ4v) is 1.16. The Bertz CT molecular complexity index is 307. The number of aliphatic hydroxyl groups excluding tert-OH is 2. The van der Waals surface area contributed by atoms with Gasteiger partial charge < -0.3 is 10.2 Å². The maximum Gasteiger partial charge on any atom is 0.264 e. The molecule has 72 valence electrons. The van der Waals surface area contributed by atoms with Crippen molar-refractivity contribution in [1.29, 1.82) is 0 Å². The third-order valence-electron chi connectivity index (χ3n) is 1.53. The molecule has 1 heterocycles. The number of nitrogens with one attached hydrogen (secondary N) is 1. The normalized spacial score (nSPS) is 15.3. The highest BCUT2D eigenvalue weighted by atomic mass is 79.9. The number of alkyl halides is 1. The summed E-state index contributed by atoms with van der Waals surface area (Å²) in [6.07, 6.45) is -2.02. The van der Waals surface area contributed by atoms with Crippen LogP contribution in [0.15, 0.2) is 16.9 Å². The molecule has 0 fully saturated rings. The highest BCUT2D eigenvalue weighted by Crippen LogP contribution is 2.13. The van der Waals surface area contributed by atoms with E-state index >= 15 is 0 Å². The second-order valence-electron chi connectivity index (χ2n) is 2.51. The monoisotopic (exact) mass is 248 g/mol. The van der Waals surface area contributed by atoms with Gasteiger partial charge in [-0.05, 0) is 6.07 Å². The topological polar surface area (TPSA) is 86.2 Å². The number of rotatable bonds is 3. The van der Waals surface area contributed by atoms with Gasteiger partial charge in [0.2, 0.25) is 0 Å². The molecule has 0 saturated carbocycles. The van der Waals surface area contributed by atoms with E-state index in [1.807, 2.05) is 0 Å². The van der Waals surface area contributed by atoms with E-state index in [2.05, 4.69) is 26.1 Å². The minimum Gasteiger partial charge on any atom is -0.389 e. The van der Waals surface area contributed by atoms with Gasteiger partial charge in [0.05, 0.1) is 11.8 Å². The Labute approximate surface area is 82.6 Å². The van der Waals surface area contributed by atoms with Gasteiger partial charge in [0, 0.05) is 11.4 Å². The van der Waals surface area contributed by atoms with E-state index < -0.39 is 12.2 Å². The summed E-state index contributed by atoms with van der Waals surface area (Å²) in [5.74, 6) is 0. The summed E-state index contributed by atoms with van der Waals surface area (Å²) < 4.78 is 0.